The normalized spacial score (nSPS) is 17.3. The average molecular weight is 334 g/mol. The summed E-state index contributed by atoms with van der Waals surface area (Å²) in [6.07, 6.45) is 11.6. The minimum absolute atomic E-state index is 0.587. The largest absolute Gasteiger partial charge is 0.382 e. The molecule has 130 valence electrons. The van der Waals surface area contributed by atoms with Crippen molar-refractivity contribution in [3.8, 4) is 0 Å². The third-order valence-electron chi connectivity index (χ3n) is 5.19. The van der Waals surface area contributed by atoms with Gasteiger partial charge in [-0.2, -0.15) is 0 Å². The van der Waals surface area contributed by atoms with Gasteiger partial charge in [-0.15, -0.1) is 11.3 Å². The molecule has 1 aromatic rings. The van der Waals surface area contributed by atoms with Crippen molar-refractivity contribution in [1.29, 1.82) is 0 Å². The van der Waals surface area contributed by atoms with Gasteiger partial charge in [0.15, 0.2) is 0 Å². The molecule has 0 radical (unpaired) electrons. The fourth-order valence-electron chi connectivity index (χ4n) is 4.14. The van der Waals surface area contributed by atoms with E-state index in [9.17, 15) is 0 Å². The predicted molar refractivity (Wildman–Crippen MR) is 105 cm³/mol. The molecule has 0 aromatic carbocycles. The number of nitrogens with one attached hydrogen (secondary N) is 1. The van der Waals surface area contributed by atoms with Gasteiger partial charge in [0.2, 0.25) is 0 Å². The first kappa shape index (κ1) is 18.6. The molecule has 1 atom stereocenters. The van der Waals surface area contributed by atoms with Crippen LogP contribution in [0.5, 0.6) is 0 Å². The van der Waals surface area contributed by atoms with E-state index >= 15 is 0 Å². The van der Waals surface area contributed by atoms with Gasteiger partial charge in [0, 0.05) is 27.1 Å². The second-order valence-electron chi connectivity index (χ2n) is 7.23. The van der Waals surface area contributed by atoms with Gasteiger partial charge in [-0.3, -0.25) is 0 Å². The van der Waals surface area contributed by atoms with E-state index in [4.69, 9.17) is 0 Å². The van der Waals surface area contributed by atoms with Gasteiger partial charge in [-0.25, -0.2) is 0 Å². The van der Waals surface area contributed by atoms with Crippen LogP contribution in [-0.2, 0) is 12.8 Å². The summed E-state index contributed by atoms with van der Waals surface area (Å²) in [4.78, 5) is 3.11. The molecule has 1 unspecified atom stereocenters. The minimum atomic E-state index is 0.587. The Morgan fingerprint density at radius 2 is 1.91 bits per heavy atom. The number of hydrogen-bond acceptors (Lipinski definition) is 2. The number of aryl methyl sites for hydroxylation is 1. The zero-order chi connectivity index (χ0) is 16.8. The smallest absolute Gasteiger partial charge is 0.0356 e. The highest BCUT2D eigenvalue weighted by atomic mass is 32.1. The van der Waals surface area contributed by atoms with E-state index < -0.39 is 0 Å². The molecule has 0 spiro atoms. The number of rotatable bonds is 9. The molecule has 1 aromatic heterocycles. The summed E-state index contributed by atoms with van der Waals surface area (Å²) in [5.41, 5.74) is 4.25. The molecule has 0 fully saturated rings. The molecule has 0 amide bonds. The molecule has 2 rings (SSSR count). The molecule has 2 heteroatoms. The summed E-state index contributed by atoms with van der Waals surface area (Å²) in [6, 6.07) is 0.587. The van der Waals surface area contributed by atoms with E-state index in [-0.39, 0.29) is 0 Å². The lowest BCUT2D eigenvalue weighted by Gasteiger charge is -2.25. The molecule has 0 saturated heterocycles. The second-order valence-corrected chi connectivity index (χ2v) is 8.54. The first-order chi connectivity index (χ1) is 11.1. The Balaban J connectivity index is 2.12. The van der Waals surface area contributed by atoms with Crippen LogP contribution in [0.25, 0.3) is 5.70 Å². The topological polar surface area (TPSA) is 12.0 Å². The fourth-order valence-corrected chi connectivity index (χ4v) is 5.51. The molecular weight excluding hydrogens is 298 g/mol. The van der Waals surface area contributed by atoms with Gasteiger partial charge in [-0.1, -0.05) is 53.0 Å². The lowest BCUT2D eigenvalue weighted by atomic mass is 9.84. The first-order valence-corrected chi connectivity index (χ1v) is 10.5. The third-order valence-corrected chi connectivity index (χ3v) is 6.36. The maximum absolute atomic E-state index is 4.42. The Labute approximate surface area is 147 Å². The molecule has 1 aliphatic carbocycles. The molecule has 0 bridgehead atoms. The SMILES string of the molecule is C=C(NC(CCC)CCC)c1c(C)sc2c1CCC(CCC)C2. The standard InChI is InChI=1S/C21H35NS/c1-6-9-17-12-13-19-20(14-17)23-16(5)21(19)15(4)22-18(10-7-2)11-8-3/h17-18,22H,4,6-14H2,1-3,5H3. The van der Waals surface area contributed by atoms with Crippen LogP contribution in [0.3, 0.4) is 0 Å². The highest BCUT2D eigenvalue weighted by molar-refractivity contribution is 7.12. The van der Waals surface area contributed by atoms with Crippen LogP contribution in [0.15, 0.2) is 6.58 Å². The Morgan fingerprint density at radius 1 is 1.22 bits per heavy atom. The van der Waals surface area contributed by atoms with Gasteiger partial charge in [-0.05, 0) is 50.5 Å². The van der Waals surface area contributed by atoms with Crippen LogP contribution in [0.4, 0.5) is 0 Å². The van der Waals surface area contributed by atoms with Crippen LogP contribution in [0, 0.1) is 12.8 Å². The van der Waals surface area contributed by atoms with E-state index in [1.807, 2.05) is 11.3 Å². The lowest BCUT2D eigenvalue weighted by molar-refractivity contribution is 0.427. The quantitative estimate of drug-likeness (QED) is 0.544. The van der Waals surface area contributed by atoms with Gasteiger partial charge >= 0.3 is 0 Å². The van der Waals surface area contributed by atoms with E-state index in [1.54, 1.807) is 10.4 Å². The van der Waals surface area contributed by atoms with Gasteiger partial charge in [0.1, 0.15) is 0 Å². The van der Waals surface area contributed by atoms with Gasteiger partial charge < -0.3 is 5.32 Å². The van der Waals surface area contributed by atoms with Crippen LogP contribution < -0.4 is 5.32 Å². The summed E-state index contributed by atoms with van der Waals surface area (Å²) >= 11 is 2.03. The number of fused-ring (bicyclic) bond motifs is 1. The second kappa shape index (κ2) is 8.92. The zero-order valence-electron chi connectivity index (χ0n) is 15.6. The molecule has 0 saturated carbocycles. The van der Waals surface area contributed by atoms with Crippen molar-refractivity contribution >= 4 is 17.0 Å². The molecule has 23 heavy (non-hydrogen) atoms. The Kier molecular flexibility index (Phi) is 7.20. The van der Waals surface area contributed by atoms with E-state index in [0.29, 0.717) is 6.04 Å². The third kappa shape index (κ3) is 4.62. The highest BCUT2D eigenvalue weighted by Gasteiger charge is 2.25. The maximum Gasteiger partial charge on any atom is 0.0356 e. The van der Waals surface area contributed by atoms with Crippen LogP contribution >= 0.6 is 11.3 Å². The van der Waals surface area contributed by atoms with Crippen molar-refractivity contribution in [2.75, 3.05) is 0 Å². The summed E-state index contributed by atoms with van der Waals surface area (Å²) < 4.78 is 0. The summed E-state index contributed by atoms with van der Waals surface area (Å²) in [5.74, 6) is 0.910. The molecule has 1 nitrogen and oxygen atoms in total. The van der Waals surface area contributed by atoms with Gasteiger partial charge in [0.25, 0.3) is 0 Å². The van der Waals surface area contributed by atoms with E-state index in [1.165, 1.54) is 73.9 Å². The fraction of sp³-hybridized carbons (Fsp3) is 0.714. The maximum atomic E-state index is 4.42. The monoisotopic (exact) mass is 333 g/mol. The zero-order valence-corrected chi connectivity index (χ0v) is 16.5. The Morgan fingerprint density at radius 3 is 2.52 bits per heavy atom. The molecule has 1 N–H and O–H groups in total. The minimum Gasteiger partial charge on any atom is -0.382 e. The van der Waals surface area contributed by atoms with E-state index in [2.05, 4.69) is 39.6 Å². The summed E-state index contributed by atoms with van der Waals surface area (Å²) in [5, 5.41) is 3.76. The Hall–Kier alpha value is -0.760. The number of hydrogen-bond donors (Lipinski definition) is 1. The van der Waals surface area contributed by atoms with Crippen molar-refractivity contribution in [2.24, 2.45) is 5.92 Å². The molecule has 0 aliphatic heterocycles. The molecule has 1 heterocycles. The van der Waals surface area contributed by atoms with E-state index in [0.717, 1.165) is 5.92 Å². The summed E-state index contributed by atoms with van der Waals surface area (Å²) in [7, 11) is 0. The van der Waals surface area contributed by atoms with Crippen LogP contribution in [0.1, 0.15) is 86.6 Å². The first-order valence-electron chi connectivity index (χ1n) is 9.67. The predicted octanol–water partition coefficient (Wildman–Crippen LogP) is 6.49. The van der Waals surface area contributed by atoms with Crippen molar-refractivity contribution in [2.45, 2.75) is 91.5 Å². The lowest BCUT2D eigenvalue weighted by Crippen LogP contribution is -2.27. The number of thiophene rings is 1. The van der Waals surface area contributed by atoms with Crippen LogP contribution in [0.2, 0.25) is 0 Å². The summed E-state index contributed by atoms with van der Waals surface area (Å²) in [6.45, 7) is 13.6. The molecular formula is C21H35NS. The van der Waals surface area contributed by atoms with Crippen molar-refractivity contribution in [1.82, 2.24) is 5.32 Å². The van der Waals surface area contributed by atoms with Crippen molar-refractivity contribution in [3.05, 3.63) is 27.5 Å². The highest BCUT2D eigenvalue weighted by Crippen LogP contribution is 2.39. The Bertz CT molecular complexity index is 508. The van der Waals surface area contributed by atoms with Crippen LogP contribution in [-0.4, -0.2) is 6.04 Å². The average Bonchev–Trinajstić information content (AvgIpc) is 2.83. The molecule has 1 aliphatic rings. The van der Waals surface area contributed by atoms with Crippen molar-refractivity contribution in [3.63, 3.8) is 0 Å². The van der Waals surface area contributed by atoms with Crippen molar-refractivity contribution < 1.29 is 0 Å². The van der Waals surface area contributed by atoms with Gasteiger partial charge in [0.05, 0.1) is 0 Å².